The Balaban J connectivity index is 1.93. The van der Waals surface area contributed by atoms with E-state index in [0.29, 0.717) is 11.3 Å². The van der Waals surface area contributed by atoms with Crippen molar-refractivity contribution in [3.8, 4) is 11.8 Å². The molecule has 2 aromatic rings. The average Bonchev–Trinajstić information content (AvgIpc) is 2.96. The minimum absolute atomic E-state index is 0.599. The fourth-order valence-electron chi connectivity index (χ4n) is 1.87. The number of nitriles is 1. The Bertz CT molecular complexity index is 557. The highest BCUT2D eigenvalue weighted by molar-refractivity contribution is 5.66. The van der Waals surface area contributed by atoms with Gasteiger partial charge in [-0.15, -0.1) is 0 Å². The number of rotatable bonds is 6. The lowest BCUT2D eigenvalue weighted by molar-refractivity contribution is 0.416. The van der Waals surface area contributed by atoms with E-state index in [1.54, 1.807) is 25.7 Å². The van der Waals surface area contributed by atoms with Crippen LogP contribution in [0.5, 0.6) is 5.75 Å². The van der Waals surface area contributed by atoms with E-state index in [4.69, 9.17) is 10.00 Å². The second-order valence-electron chi connectivity index (χ2n) is 4.08. The van der Waals surface area contributed by atoms with Crippen molar-refractivity contribution < 1.29 is 4.74 Å². The molecule has 0 radical (unpaired) electrons. The Morgan fingerprint density at radius 3 is 3.05 bits per heavy atom. The summed E-state index contributed by atoms with van der Waals surface area (Å²) in [5, 5.41) is 12.4. The quantitative estimate of drug-likeness (QED) is 0.805. The fourth-order valence-corrected chi connectivity index (χ4v) is 1.87. The van der Waals surface area contributed by atoms with E-state index < -0.39 is 0 Å². The lowest BCUT2D eigenvalue weighted by atomic mass is 10.1. The molecule has 1 aromatic carbocycles. The SMILES string of the molecule is COc1cccc(C#N)c1NCCCn1ccnc1. The van der Waals surface area contributed by atoms with Crippen LogP contribution in [0, 0.1) is 11.3 Å². The maximum Gasteiger partial charge on any atom is 0.143 e. The first kappa shape index (κ1) is 13.0. The van der Waals surface area contributed by atoms with Crippen LogP contribution in [0.1, 0.15) is 12.0 Å². The normalized spacial score (nSPS) is 9.89. The van der Waals surface area contributed by atoms with Crippen molar-refractivity contribution in [1.29, 1.82) is 5.26 Å². The number of nitrogens with zero attached hydrogens (tertiary/aromatic N) is 3. The van der Waals surface area contributed by atoms with Crippen molar-refractivity contribution in [2.45, 2.75) is 13.0 Å². The molecule has 0 aliphatic heterocycles. The molecule has 0 fully saturated rings. The lowest BCUT2D eigenvalue weighted by Crippen LogP contribution is -2.08. The first-order valence-corrected chi connectivity index (χ1v) is 6.12. The molecule has 2 rings (SSSR count). The number of aromatic nitrogens is 2. The number of benzene rings is 1. The van der Waals surface area contributed by atoms with Gasteiger partial charge in [-0.3, -0.25) is 0 Å². The number of methoxy groups -OCH3 is 1. The van der Waals surface area contributed by atoms with Gasteiger partial charge in [-0.25, -0.2) is 4.98 Å². The van der Waals surface area contributed by atoms with Crippen LogP contribution in [0.4, 0.5) is 5.69 Å². The molecule has 0 saturated carbocycles. The Morgan fingerprint density at radius 1 is 1.47 bits per heavy atom. The molecular weight excluding hydrogens is 240 g/mol. The number of ether oxygens (including phenoxy) is 1. The molecule has 5 heteroatoms. The van der Waals surface area contributed by atoms with Crippen LogP contribution in [0.2, 0.25) is 0 Å². The lowest BCUT2D eigenvalue weighted by Gasteiger charge is -2.12. The number of imidazole rings is 1. The van der Waals surface area contributed by atoms with E-state index in [0.717, 1.165) is 25.2 Å². The second kappa shape index (κ2) is 6.45. The summed E-state index contributed by atoms with van der Waals surface area (Å²) in [4.78, 5) is 3.99. The van der Waals surface area contributed by atoms with Crippen molar-refractivity contribution in [2.75, 3.05) is 19.0 Å². The molecule has 0 aliphatic rings. The Hall–Kier alpha value is -2.48. The zero-order chi connectivity index (χ0) is 13.5. The Kier molecular flexibility index (Phi) is 4.40. The van der Waals surface area contributed by atoms with Gasteiger partial charge in [-0.1, -0.05) is 6.07 Å². The summed E-state index contributed by atoms with van der Waals surface area (Å²) >= 11 is 0. The molecule has 19 heavy (non-hydrogen) atoms. The zero-order valence-corrected chi connectivity index (χ0v) is 10.8. The van der Waals surface area contributed by atoms with Crippen molar-refractivity contribution >= 4 is 5.69 Å². The zero-order valence-electron chi connectivity index (χ0n) is 10.8. The summed E-state index contributed by atoms with van der Waals surface area (Å²) in [7, 11) is 1.60. The average molecular weight is 256 g/mol. The van der Waals surface area contributed by atoms with Gasteiger partial charge in [0.05, 0.1) is 24.7 Å². The molecule has 0 atom stereocenters. The molecule has 0 aliphatic carbocycles. The number of hydrogen-bond donors (Lipinski definition) is 1. The van der Waals surface area contributed by atoms with E-state index in [-0.39, 0.29) is 0 Å². The highest BCUT2D eigenvalue weighted by atomic mass is 16.5. The minimum atomic E-state index is 0.599. The van der Waals surface area contributed by atoms with Gasteiger partial charge >= 0.3 is 0 Å². The summed E-state index contributed by atoms with van der Waals surface area (Å²) in [6.45, 7) is 1.66. The van der Waals surface area contributed by atoms with Gasteiger partial charge in [-0.2, -0.15) is 5.26 Å². The van der Waals surface area contributed by atoms with Gasteiger partial charge in [-0.05, 0) is 18.6 Å². The minimum Gasteiger partial charge on any atom is -0.495 e. The van der Waals surface area contributed by atoms with Crippen molar-refractivity contribution in [3.05, 3.63) is 42.5 Å². The van der Waals surface area contributed by atoms with E-state index in [1.807, 2.05) is 22.9 Å². The third-order valence-corrected chi connectivity index (χ3v) is 2.82. The summed E-state index contributed by atoms with van der Waals surface area (Å²) in [5.74, 6) is 0.696. The standard InChI is InChI=1S/C14H16N4O/c1-19-13-5-2-4-12(10-15)14(13)17-6-3-8-18-9-7-16-11-18/h2,4-5,7,9,11,17H,3,6,8H2,1H3. The number of para-hydroxylation sites is 1. The molecular formula is C14H16N4O. The molecule has 0 spiro atoms. The number of anilines is 1. The largest absolute Gasteiger partial charge is 0.495 e. The number of hydrogen-bond acceptors (Lipinski definition) is 4. The Labute approximate surface area is 112 Å². The third-order valence-electron chi connectivity index (χ3n) is 2.82. The Morgan fingerprint density at radius 2 is 2.37 bits per heavy atom. The van der Waals surface area contributed by atoms with Crippen LogP contribution in [0.25, 0.3) is 0 Å². The van der Waals surface area contributed by atoms with Crippen LogP contribution >= 0.6 is 0 Å². The van der Waals surface area contributed by atoms with E-state index in [9.17, 15) is 0 Å². The van der Waals surface area contributed by atoms with Gasteiger partial charge in [0.25, 0.3) is 0 Å². The molecule has 1 aromatic heterocycles. The van der Waals surface area contributed by atoms with Crippen molar-refractivity contribution in [3.63, 3.8) is 0 Å². The van der Waals surface area contributed by atoms with Gasteiger partial charge in [0.1, 0.15) is 11.8 Å². The first-order valence-electron chi connectivity index (χ1n) is 6.12. The van der Waals surface area contributed by atoms with E-state index >= 15 is 0 Å². The van der Waals surface area contributed by atoms with Crippen molar-refractivity contribution in [1.82, 2.24) is 9.55 Å². The summed E-state index contributed by atoms with van der Waals surface area (Å²) in [6, 6.07) is 7.61. The molecule has 0 amide bonds. The van der Waals surface area contributed by atoms with Crippen LogP contribution in [-0.2, 0) is 6.54 Å². The molecule has 0 saturated heterocycles. The van der Waals surface area contributed by atoms with Gasteiger partial charge < -0.3 is 14.6 Å². The van der Waals surface area contributed by atoms with Crippen molar-refractivity contribution in [2.24, 2.45) is 0 Å². The maximum atomic E-state index is 9.09. The smallest absolute Gasteiger partial charge is 0.143 e. The highest BCUT2D eigenvalue weighted by Crippen LogP contribution is 2.27. The summed E-state index contributed by atoms with van der Waals surface area (Å²) in [6.07, 6.45) is 6.44. The third kappa shape index (κ3) is 3.26. The van der Waals surface area contributed by atoms with Crippen LogP contribution in [0.15, 0.2) is 36.9 Å². The van der Waals surface area contributed by atoms with Crippen LogP contribution in [-0.4, -0.2) is 23.2 Å². The predicted molar refractivity (Wildman–Crippen MR) is 73.0 cm³/mol. The topological polar surface area (TPSA) is 62.9 Å². The molecule has 0 unspecified atom stereocenters. The molecule has 98 valence electrons. The molecule has 1 N–H and O–H groups in total. The van der Waals surface area contributed by atoms with E-state index in [1.165, 1.54) is 0 Å². The van der Waals surface area contributed by atoms with Gasteiger partial charge in [0.15, 0.2) is 0 Å². The predicted octanol–water partition coefficient (Wildman–Crippen LogP) is 2.27. The first-order chi connectivity index (χ1) is 9.35. The maximum absolute atomic E-state index is 9.09. The van der Waals surface area contributed by atoms with Crippen LogP contribution < -0.4 is 10.1 Å². The highest BCUT2D eigenvalue weighted by Gasteiger charge is 2.07. The summed E-state index contributed by atoms with van der Waals surface area (Å²) < 4.78 is 7.28. The number of aryl methyl sites for hydroxylation is 1. The molecule has 0 bridgehead atoms. The molecule has 5 nitrogen and oxygen atoms in total. The monoisotopic (exact) mass is 256 g/mol. The van der Waals surface area contributed by atoms with Crippen LogP contribution in [0.3, 0.4) is 0 Å². The van der Waals surface area contributed by atoms with Gasteiger partial charge in [0.2, 0.25) is 0 Å². The number of nitrogens with one attached hydrogen (secondary N) is 1. The second-order valence-corrected chi connectivity index (χ2v) is 4.08. The van der Waals surface area contributed by atoms with E-state index in [2.05, 4.69) is 16.4 Å². The summed E-state index contributed by atoms with van der Waals surface area (Å²) in [5.41, 5.74) is 1.36. The van der Waals surface area contributed by atoms with Gasteiger partial charge in [0, 0.05) is 25.5 Å². The fraction of sp³-hybridized carbons (Fsp3) is 0.286. The molecule has 1 heterocycles.